The quantitative estimate of drug-likeness (QED) is 0.548. The van der Waals surface area contributed by atoms with E-state index in [0.717, 1.165) is 0 Å². The van der Waals surface area contributed by atoms with Gasteiger partial charge in [0.2, 0.25) is 0 Å². The van der Waals surface area contributed by atoms with Gasteiger partial charge in [0.25, 0.3) is 0 Å². The summed E-state index contributed by atoms with van der Waals surface area (Å²) in [6.07, 6.45) is 1.24. The van der Waals surface area contributed by atoms with Crippen molar-refractivity contribution in [3.63, 3.8) is 0 Å². The Bertz CT molecular complexity index is 335. The van der Waals surface area contributed by atoms with Crippen molar-refractivity contribution in [3.8, 4) is 0 Å². The van der Waals surface area contributed by atoms with Gasteiger partial charge < -0.3 is 14.6 Å². The van der Waals surface area contributed by atoms with E-state index in [-0.39, 0.29) is 23.6 Å². The minimum Gasteiger partial charge on any atom is -0.458 e. The van der Waals surface area contributed by atoms with E-state index in [1.807, 2.05) is 0 Å². The molecule has 2 rings (SSSR count). The molecular formula is C11H14O5. The molecule has 3 atom stereocenters. The van der Waals surface area contributed by atoms with Crippen LogP contribution in [0.3, 0.4) is 0 Å². The maximum Gasteiger partial charge on any atom is 0.336 e. The first-order chi connectivity index (χ1) is 7.61. The molecule has 1 saturated heterocycles. The van der Waals surface area contributed by atoms with Crippen molar-refractivity contribution in [1.29, 1.82) is 0 Å². The lowest BCUT2D eigenvalue weighted by molar-refractivity contribution is -0.157. The number of ether oxygens (including phenoxy) is 2. The molecule has 1 saturated carbocycles. The summed E-state index contributed by atoms with van der Waals surface area (Å²) in [4.78, 5) is 22.6. The molecule has 0 aromatic rings. The first-order valence-electron chi connectivity index (χ1n) is 5.32. The monoisotopic (exact) mass is 226 g/mol. The van der Waals surface area contributed by atoms with Gasteiger partial charge in [-0.3, -0.25) is 4.79 Å². The lowest BCUT2D eigenvalue weighted by Crippen LogP contribution is -2.34. The van der Waals surface area contributed by atoms with E-state index >= 15 is 0 Å². The second-order valence-corrected chi connectivity index (χ2v) is 4.19. The summed E-state index contributed by atoms with van der Waals surface area (Å²) in [6, 6.07) is 0. The van der Waals surface area contributed by atoms with Crippen molar-refractivity contribution in [3.05, 3.63) is 12.2 Å². The molecule has 2 aliphatic rings. The Morgan fingerprint density at radius 3 is 3.00 bits per heavy atom. The van der Waals surface area contributed by atoms with E-state index in [0.29, 0.717) is 19.3 Å². The summed E-state index contributed by atoms with van der Waals surface area (Å²) in [5, 5.41) is 8.72. The normalized spacial score (nSPS) is 32.1. The van der Waals surface area contributed by atoms with Crippen LogP contribution in [0.1, 0.15) is 19.3 Å². The van der Waals surface area contributed by atoms with Crippen molar-refractivity contribution < 1.29 is 24.2 Å². The molecule has 5 heteroatoms. The van der Waals surface area contributed by atoms with Gasteiger partial charge in [0.05, 0.1) is 18.1 Å². The fraction of sp³-hybridized carbons (Fsp3) is 0.636. The van der Waals surface area contributed by atoms with E-state index in [9.17, 15) is 9.59 Å². The summed E-state index contributed by atoms with van der Waals surface area (Å²) in [5.41, 5.74) is 0.0199. The zero-order valence-electron chi connectivity index (χ0n) is 8.85. The average Bonchev–Trinajstić information content (AvgIpc) is 2.58. The van der Waals surface area contributed by atoms with Crippen LogP contribution in [0.5, 0.6) is 0 Å². The smallest absolute Gasteiger partial charge is 0.336 e. The van der Waals surface area contributed by atoms with Crippen LogP contribution in [-0.2, 0) is 19.1 Å². The molecule has 0 amide bonds. The first-order valence-corrected chi connectivity index (χ1v) is 5.32. The molecule has 1 aliphatic heterocycles. The third kappa shape index (κ3) is 1.95. The molecule has 1 aliphatic carbocycles. The molecule has 2 fully saturated rings. The van der Waals surface area contributed by atoms with E-state index < -0.39 is 18.7 Å². The van der Waals surface area contributed by atoms with Crippen molar-refractivity contribution in [2.75, 3.05) is 6.61 Å². The number of hydrogen-bond donors (Lipinski definition) is 1. The van der Waals surface area contributed by atoms with Crippen LogP contribution in [-0.4, -0.2) is 35.9 Å². The molecular weight excluding hydrogens is 212 g/mol. The number of aliphatic hydroxyl groups excluding tert-OH is 1. The molecule has 16 heavy (non-hydrogen) atoms. The van der Waals surface area contributed by atoms with Gasteiger partial charge in [-0.15, -0.1) is 0 Å². The van der Waals surface area contributed by atoms with E-state index in [2.05, 4.69) is 6.58 Å². The third-order valence-electron chi connectivity index (χ3n) is 3.07. The van der Waals surface area contributed by atoms with Crippen molar-refractivity contribution >= 4 is 11.9 Å². The van der Waals surface area contributed by atoms with Gasteiger partial charge in [0, 0.05) is 6.42 Å². The molecule has 1 heterocycles. The Balaban J connectivity index is 1.94. The van der Waals surface area contributed by atoms with Gasteiger partial charge >= 0.3 is 11.9 Å². The maximum atomic E-state index is 11.4. The number of fused-ring (bicyclic) bond motifs is 2. The number of carbonyl (C=O) groups excluding carboxylic acids is 2. The highest BCUT2D eigenvalue weighted by Gasteiger charge is 2.45. The Kier molecular flexibility index (Phi) is 2.96. The van der Waals surface area contributed by atoms with Gasteiger partial charge in [-0.2, -0.15) is 0 Å². The van der Waals surface area contributed by atoms with Crippen LogP contribution >= 0.6 is 0 Å². The summed E-state index contributed by atoms with van der Waals surface area (Å²) >= 11 is 0. The van der Waals surface area contributed by atoms with Crippen LogP contribution in [0, 0.1) is 5.92 Å². The predicted molar refractivity (Wildman–Crippen MR) is 53.3 cm³/mol. The molecule has 1 N–H and O–H groups in total. The van der Waals surface area contributed by atoms with Crippen LogP contribution in [0.25, 0.3) is 0 Å². The summed E-state index contributed by atoms with van der Waals surface area (Å²) in [6.45, 7) is 2.96. The SMILES string of the molecule is C=C(CO)C(=O)OC1CCC2CC1OC2=O. The largest absolute Gasteiger partial charge is 0.458 e. The highest BCUT2D eigenvalue weighted by Crippen LogP contribution is 2.35. The summed E-state index contributed by atoms with van der Waals surface area (Å²) < 4.78 is 10.3. The fourth-order valence-electron chi connectivity index (χ4n) is 2.11. The Morgan fingerprint density at radius 1 is 1.56 bits per heavy atom. The minimum atomic E-state index is -0.617. The second-order valence-electron chi connectivity index (χ2n) is 4.19. The Hall–Kier alpha value is -1.36. The highest BCUT2D eigenvalue weighted by molar-refractivity contribution is 5.88. The molecule has 0 aromatic carbocycles. The van der Waals surface area contributed by atoms with Crippen molar-refractivity contribution in [2.24, 2.45) is 5.92 Å². The molecule has 0 spiro atoms. The van der Waals surface area contributed by atoms with Crippen LogP contribution in [0.4, 0.5) is 0 Å². The topological polar surface area (TPSA) is 72.8 Å². The summed E-state index contributed by atoms with van der Waals surface area (Å²) in [7, 11) is 0. The zero-order valence-corrected chi connectivity index (χ0v) is 8.85. The fourth-order valence-corrected chi connectivity index (χ4v) is 2.11. The van der Waals surface area contributed by atoms with Gasteiger partial charge in [-0.1, -0.05) is 6.58 Å². The van der Waals surface area contributed by atoms with Crippen molar-refractivity contribution in [2.45, 2.75) is 31.5 Å². The summed E-state index contributed by atoms with van der Waals surface area (Å²) in [5.74, 6) is -0.834. The number of esters is 2. The van der Waals surface area contributed by atoms with Gasteiger partial charge in [0.1, 0.15) is 12.2 Å². The van der Waals surface area contributed by atoms with Crippen LogP contribution < -0.4 is 0 Å². The average molecular weight is 226 g/mol. The Morgan fingerprint density at radius 2 is 2.31 bits per heavy atom. The van der Waals surface area contributed by atoms with Gasteiger partial charge in [0.15, 0.2) is 0 Å². The molecule has 2 bridgehead atoms. The van der Waals surface area contributed by atoms with E-state index in [1.165, 1.54) is 0 Å². The predicted octanol–water partition coefficient (Wildman–Crippen LogP) is 0.172. The molecule has 88 valence electrons. The third-order valence-corrected chi connectivity index (χ3v) is 3.07. The molecule has 5 nitrogen and oxygen atoms in total. The van der Waals surface area contributed by atoms with Crippen LogP contribution in [0.2, 0.25) is 0 Å². The number of aliphatic hydroxyl groups is 1. The van der Waals surface area contributed by atoms with E-state index in [1.54, 1.807) is 0 Å². The van der Waals surface area contributed by atoms with Crippen molar-refractivity contribution in [1.82, 2.24) is 0 Å². The zero-order chi connectivity index (χ0) is 11.7. The maximum absolute atomic E-state index is 11.4. The minimum absolute atomic E-state index is 0.0199. The number of carbonyl (C=O) groups is 2. The first kappa shape index (κ1) is 11.1. The molecule has 3 unspecified atom stereocenters. The second kappa shape index (κ2) is 4.25. The van der Waals surface area contributed by atoms with Crippen LogP contribution in [0.15, 0.2) is 12.2 Å². The lowest BCUT2D eigenvalue weighted by Gasteiger charge is -2.25. The van der Waals surface area contributed by atoms with E-state index in [4.69, 9.17) is 14.6 Å². The Labute approximate surface area is 93.0 Å². The van der Waals surface area contributed by atoms with Gasteiger partial charge in [-0.25, -0.2) is 4.79 Å². The lowest BCUT2D eigenvalue weighted by atomic mass is 9.88. The number of hydrogen-bond acceptors (Lipinski definition) is 5. The van der Waals surface area contributed by atoms with Gasteiger partial charge in [-0.05, 0) is 12.8 Å². The molecule has 0 radical (unpaired) electrons. The number of rotatable bonds is 3. The standard InChI is InChI=1S/C11H14O5/c1-6(5-12)10(13)15-8-3-2-7-4-9(8)16-11(7)14/h7-9,12H,1-5H2. The molecule has 0 aromatic heterocycles. The highest BCUT2D eigenvalue weighted by atomic mass is 16.6.